The standard InChI is InChI=1S/C15H18N6/c1-15(2,3)14-17-12(16-4)9-13(18-14)21-11-8-6-5-7-10(11)19-20-21/h5-9H,1-4H3,(H,16,17,18). The SMILES string of the molecule is CNc1cc(-n2nnc3ccccc32)nc(C(C)(C)C)n1. The molecule has 0 fully saturated rings. The number of aromatic nitrogens is 5. The van der Waals surface area contributed by atoms with Crippen molar-refractivity contribution in [3.8, 4) is 5.82 Å². The molecule has 0 amide bonds. The topological polar surface area (TPSA) is 68.5 Å². The largest absolute Gasteiger partial charge is 0.373 e. The highest BCUT2D eigenvalue weighted by molar-refractivity contribution is 5.75. The van der Waals surface area contributed by atoms with Gasteiger partial charge in [0.2, 0.25) is 0 Å². The quantitative estimate of drug-likeness (QED) is 0.782. The van der Waals surface area contributed by atoms with Crippen LogP contribution >= 0.6 is 0 Å². The number of hydrogen-bond donors (Lipinski definition) is 1. The van der Waals surface area contributed by atoms with E-state index in [-0.39, 0.29) is 5.41 Å². The number of fused-ring (bicyclic) bond motifs is 1. The molecule has 3 rings (SSSR count). The van der Waals surface area contributed by atoms with Crippen LogP contribution in [0.15, 0.2) is 30.3 Å². The molecule has 0 aliphatic heterocycles. The van der Waals surface area contributed by atoms with E-state index in [2.05, 4.69) is 46.4 Å². The summed E-state index contributed by atoms with van der Waals surface area (Å²) in [6.07, 6.45) is 0. The summed E-state index contributed by atoms with van der Waals surface area (Å²) in [5.74, 6) is 2.25. The second-order valence-corrected chi connectivity index (χ2v) is 5.92. The van der Waals surface area contributed by atoms with Crippen LogP contribution in [0.1, 0.15) is 26.6 Å². The van der Waals surface area contributed by atoms with Crippen molar-refractivity contribution in [3.63, 3.8) is 0 Å². The molecule has 0 bridgehead atoms. The van der Waals surface area contributed by atoms with E-state index in [9.17, 15) is 0 Å². The third-order valence-corrected chi connectivity index (χ3v) is 3.21. The number of para-hydroxylation sites is 1. The number of nitrogens with one attached hydrogen (secondary N) is 1. The smallest absolute Gasteiger partial charge is 0.161 e. The molecule has 108 valence electrons. The summed E-state index contributed by atoms with van der Waals surface area (Å²) in [6, 6.07) is 9.70. The lowest BCUT2D eigenvalue weighted by atomic mass is 9.96. The molecule has 0 radical (unpaired) electrons. The molecule has 0 aliphatic rings. The zero-order chi connectivity index (χ0) is 15.0. The van der Waals surface area contributed by atoms with Gasteiger partial charge in [-0.25, -0.2) is 9.97 Å². The van der Waals surface area contributed by atoms with Crippen LogP contribution in [0.5, 0.6) is 0 Å². The molecule has 21 heavy (non-hydrogen) atoms. The van der Waals surface area contributed by atoms with Crippen molar-refractivity contribution in [2.45, 2.75) is 26.2 Å². The van der Waals surface area contributed by atoms with Crippen LogP contribution < -0.4 is 5.32 Å². The minimum absolute atomic E-state index is 0.141. The van der Waals surface area contributed by atoms with Gasteiger partial charge in [-0.1, -0.05) is 38.1 Å². The van der Waals surface area contributed by atoms with Crippen molar-refractivity contribution in [2.24, 2.45) is 0 Å². The third kappa shape index (κ3) is 2.44. The lowest BCUT2D eigenvalue weighted by molar-refractivity contribution is 0.543. The molecule has 0 aliphatic carbocycles. The van der Waals surface area contributed by atoms with E-state index >= 15 is 0 Å². The van der Waals surface area contributed by atoms with Crippen molar-refractivity contribution in [1.82, 2.24) is 25.0 Å². The van der Waals surface area contributed by atoms with E-state index in [1.807, 2.05) is 37.4 Å². The molecule has 1 aromatic carbocycles. The Kier molecular flexibility index (Phi) is 3.08. The number of hydrogen-bond acceptors (Lipinski definition) is 5. The summed E-state index contributed by atoms with van der Waals surface area (Å²) in [4.78, 5) is 9.18. The molecule has 1 N–H and O–H groups in total. The zero-order valence-electron chi connectivity index (χ0n) is 12.6. The van der Waals surface area contributed by atoms with Gasteiger partial charge >= 0.3 is 0 Å². The van der Waals surface area contributed by atoms with Gasteiger partial charge in [0.05, 0.1) is 5.52 Å². The predicted octanol–water partition coefficient (Wildman–Crippen LogP) is 2.55. The Balaban J connectivity index is 2.22. The van der Waals surface area contributed by atoms with E-state index in [0.717, 1.165) is 22.7 Å². The Morgan fingerprint density at radius 1 is 1.10 bits per heavy atom. The van der Waals surface area contributed by atoms with Crippen molar-refractivity contribution in [2.75, 3.05) is 12.4 Å². The van der Waals surface area contributed by atoms with Gasteiger partial charge in [-0.3, -0.25) is 0 Å². The van der Waals surface area contributed by atoms with Crippen LogP contribution in [0.25, 0.3) is 16.9 Å². The Labute approximate surface area is 123 Å². The molecule has 0 saturated carbocycles. The van der Waals surface area contributed by atoms with Gasteiger partial charge < -0.3 is 5.32 Å². The maximum Gasteiger partial charge on any atom is 0.161 e. The molecular weight excluding hydrogens is 264 g/mol. The molecule has 3 aromatic rings. The van der Waals surface area contributed by atoms with Crippen LogP contribution in [-0.2, 0) is 5.41 Å². The third-order valence-electron chi connectivity index (χ3n) is 3.21. The number of rotatable bonds is 2. The summed E-state index contributed by atoms with van der Waals surface area (Å²) >= 11 is 0. The van der Waals surface area contributed by atoms with Crippen LogP contribution in [0, 0.1) is 0 Å². The molecule has 0 saturated heterocycles. The molecule has 2 aromatic heterocycles. The lowest BCUT2D eigenvalue weighted by Crippen LogP contribution is -2.18. The van der Waals surface area contributed by atoms with Crippen molar-refractivity contribution in [3.05, 3.63) is 36.2 Å². The second kappa shape index (κ2) is 4.80. The van der Waals surface area contributed by atoms with E-state index < -0.39 is 0 Å². The summed E-state index contributed by atoms with van der Waals surface area (Å²) in [5.41, 5.74) is 1.63. The summed E-state index contributed by atoms with van der Waals surface area (Å²) in [7, 11) is 1.85. The van der Waals surface area contributed by atoms with Crippen LogP contribution in [-0.4, -0.2) is 32.0 Å². The lowest BCUT2D eigenvalue weighted by Gasteiger charge is -2.18. The fourth-order valence-electron chi connectivity index (χ4n) is 2.04. The Morgan fingerprint density at radius 2 is 1.86 bits per heavy atom. The van der Waals surface area contributed by atoms with Crippen LogP contribution in [0.3, 0.4) is 0 Å². The number of benzene rings is 1. The monoisotopic (exact) mass is 282 g/mol. The molecular formula is C15H18N6. The average molecular weight is 282 g/mol. The van der Waals surface area contributed by atoms with Gasteiger partial charge in [0.15, 0.2) is 5.82 Å². The van der Waals surface area contributed by atoms with Gasteiger partial charge in [-0.15, -0.1) is 5.10 Å². The highest BCUT2D eigenvalue weighted by Gasteiger charge is 2.20. The predicted molar refractivity (Wildman–Crippen MR) is 82.7 cm³/mol. The van der Waals surface area contributed by atoms with Crippen molar-refractivity contribution < 1.29 is 0 Å². The number of nitrogens with zero attached hydrogens (tertiary/aromatic N) is 5. The molecule has 0 atom stereocenters. The van der Waals surface area contributed by atoms with Crippen LogP contribution in [0.2, 0.25) is 0 Å². The summed E-state index contributed by atoms with van der Waals surface area (Å²) < 4.78 is 1.74. The first-order chi connectivity index (χ1) is 9.99. The maximum absolute atomic E-state index is 4.65. The average Bonchev–Trinajstić information content (AvgIpc) is 2.89. The fourth-order valence-corrected chi connectivity index (χ4v) is 2.04. The Hall–Kier alpha value is -2.50. The maximum atomic E-state index is 4.65. The highest BCUT2D eigenvalue weighted by Crippen LogP contribution is 2.23. The highest BCUT2D eigenvalue weighted by atomic mass is 15.4. The van der Waals surface area contributed by atoms with E-state index in [0.29, 0.717) is 5.82 Å². The van der Waals surface area contributed by atoms with E-state index in [1.54, 1.807) is 4.68 Å². The minimum atomic E-state index is -0.141. The minimum Gasteiger partial charge on any atom is -0.373 e. The first kappa shape index (κ1) is 13.5. The molecule has 0 unspecified atom stereocenters. The van der Waals surface area contributed by atoms with Gasteiger partial charge in [0.25, 0.3) is 0 Å². The fraction of sp³-hybridized carbons (Fsp3) is 0.333. The van der Waals surface area contributed by atoms with Crippen molar-refractivity contribution >= 4 is 16.9 Å². The second-order valence-electron chi connectivity index (χ2n) is 5.92. The summed E-state index contributed by atoms with van der Waals surface area (Å²) in [5, 5.41) is 11.5. The van der Waals surface area contributed by atoms with Gasteiger partial charge in [-0.05, 0) is 12.1 Å². The van der Waals surface area contributed by atoms with Gasteiger partial charge in [-0.2, -0.15) is 4.68 Å². The first-order valence-electron chi connectivity index (χ1n) is 6.87. The normalized spacial score (nSPS) is 11.8. The number of anilines is 1. The summed E-state index contributed by atoms with van der Waals surface area (Å²) in [6.45, 7) is 6.26. The van der Waals surface area contributed by atoms with Crippen LogP contribution in [0.4, 0.5) is 5.82 Å². The molecule has 6 nitrogen and oxygen atoms in total. The first-order valence-corrected chi connectivity index (χ1v) is 6.87. The molecule has 2 heterocycles. The van der Waals surface area contributed by atoms with E-state index in [1.165, 1.54) is 0 Å². The molecule has 0 spiro atoms. The van der Waals surface area contributed by atoms with Gasteiger partial charge in [0, 0.05) is 18.5 Å². The molecule has 6 heteroatoms. The van der Waals surface area contributed by atoms with E-state index in [4.69, 9.17) is 0 Å². The Bertz CT molecular complexity index is 784. The van der Waals surface area contributed by atoms with Gasteiger partial charge in [0.1, 0.15) is 17.2 Å². The zero-order valence-corrected chi connectivity index (χ0v) is 12.6. The Morgan fingerprint density at radius 3 is 2.57 bits per heavy atom. The van der Waals surface area contributed by atoms with Crippen molar-refractivity contribution in [1.29, 1.82) is 0 Å².